The number of nitrogens with zero attached hydrogens (tertiary/aromatic N) is 2. The van der Waals surface area contributed by atoms with Crippen LogP contribution in [0.15, 0.2) is 116 Å². The zero-order valence-electron chi connectivity index (χ0n) is 18.6. The largest absolute Gasteiger partial charge is 0.310 e. The van der Waals surface area contributed by atoms with Crippen LogP contribution in [-0.4, -0.2) is 9.13 Å². The van der Waals surface area contributed by atoms with Crippen molar-refractivity contribution in [1.29, 1.82) is 0 Å². The minimum Gasteiger partial charge on any atom is -0.310 e. The van der Waals surface area contributed by atoms with Gasteiger partial charge in [0.1, 0.15) is 0 Å². The fraction of sp³-hybridized carbons (Fsp3) is 0.0323. The number of fused-ring (bicyclic) bond motifs is 4. The van der Waals surface area contributed by atoms with E-state index in [0.717, 1.165) is 5.69 Å². The van der Waals surface area contributed by atoms with Crippen LogP contribution in [0.5, 0.6) is 0 Å². The Morgan fingerprint density at radius 3 is 1.88 bits per heavy atom. The Morgan fingerprint density at radius 2 is 1.18 bits per heavy atom. The SMILES string of the molecule is C=C/C=C\c1c(C)c2cc3c(cc2n1-c1ccccc1)c1ccccc1n3-c1ccccc1. The highest BCUT2D eigenvalue weighted by molar-refractivity contribution is 6.14. The minimum atomic E-state index is 1.16. The summed E-state index contributed by atoms with van der Waals surface area (Å²) in [4.78, 5) is 0. The molecule has 4 aromatic carbocycles. The lowest BCUT2D eigenvalue weighted by molar-refractivity contribution is 1.10. The van der Waals surface area contributed by atoms with Crippen molar-refractivity contribution in [3.63, 3.8) is 0 Å². The second kappa shape index (κ2) is 7.68. The molecule has 2 aromatic heterocycles. The van der Waals surface area contributed by atoms with Gasteiger partial charge in [-0.25, -0.2) is 0 Å². The van der Waals surface area contributed by atoms with Gasteiger partial charge in [0.15, 0.2) is 0 Å². The van der Waals surface area contributed by atoms with Crippen LogP contribution in [0.2, 0.25) is 0 Å². The Labute approximate surface area is 193 Å². The third-order valence-corrected chi connectivity index (χ3v) is 6.48. The molecule has 0 unspecified atom stereocenters. The summed E-state index contributed by atoms with van der Waals surface area (Å²) < 4.78 is 4.74. The van der Waals surface area contributed by atoms with Crippen LogP contribution < -0.4 is 0 Å². The molecule has 0 amide bonds. The topological polar surface area (TPSA) is 9.86 Å². The molecule has 2 heteroatoms. The van der Waals surface area contributed by atoms with Crippen LogP contribution in [0.3, 0.4) is 0 Å². The summed E-state index contributed by atoms with van der Waals surface area (Å²) in [5.74, 6) is 0. The first-order chi connectivity index (χ1) is 16.3. The second-order valence-electron chi connectivity index (χ2n) is 8.35. The molecule has 0 aliphatic rings. The normalized spacial score (nSPS) is 11.8. The number of hydrogen-bond acceptors (Lipinski definition) is 0. The summed E-state index contributed by atoms with van der Waals surface area (Å²) >= 11 is 0. The van der Waals surface area contributed by atoms with E-state index in [2.05, 4.69) is 126 Å². The molecule has 0 spiro atoms. The highest BCUT2D eigenvalue weighted by atomic mass is 15.0. The van der Waals surface area contributed by atoms with Gasteiger partial charge in [0.25, 0.3) is 0 Å². The molecule has 0 bridgehead atoms. The lowest BCUT2D eigenvalue weighted by Gasteiger charge is -2.10. The number of allylic oxidation sites excluding steroid dienone is 2. The zero-order valence-corrected chi connectivity index (χ0v) is 18.6. The third-order valence-electron chi connectivity index (χ3n) is 6.48. The first-order valence-electron chi connectivity index (χ1n) is 11.3. The number of aryl methyl sites for hydroxylation is 1. The molecule has 2 nitrogen and oxygen atoms in total. The predicted molar refractivity (Wildman–Crippen MR) is 142 cm³/mol. The van der Waals surface area contributed by atoms with Crippen LogP contribution in [0.1, 0.15) is 11.3 Å². The van der Waals surface area contributed by atoms with E-state index in [-0.39, 0.29) is 0 Å². The first kappa shape index (κ1) is 19.4. The van der Waals surface area contributed by atoms with Gasteiger partial charge in [-0.1, -0.05) is 73.3 Å². The van der Waals surface area contributed by atoms with E-state index in [1.165, 1.54) is 49.7 Å². The smallest absolute Gasteiger partial charge is 0.0548 e. The molecule has 158 valence electrons. The zero-order chi connectivity index (χ0) is 22.4. The summed E-state index contributed by atoms with van der Waals surface area (Å²) in [6, 6.07) is 34.6. The monoisotopic (exact) mass is 424 g/mol. The number of aromatic nitrogens is 2. The summed E-state index contributed by atoms with van der Waals surface area (Å²) in [5.41, 5.74) is 8.44. The van der Waals surface area contributed by atoms with E-state index in [9.17, 15) is 0 Å². The van der Waals surface area contributed by atoms with Crippen molar-refractivity contribution in [2.45, 2.75) is 6.92 Å². The highest BCUT2D eigenvalue weighted by Gasteiger charge is 2.18. The molecule has 0 fully saturated rings. The summed E-state index contributed by atoms with van der Waals surface area (Å²) in [6.45, 7) is 6.09. The lowest BCUT2D eigenvalue weighted by atomic mass is 10.1. The third kappa shape index (κ3) is 2.95. The fourth-order valence-electron chi connectivity index (χ4n) is 4.99. The van der Waals surface area contributed by atoms with Gasteiger partial charge in [0.05, 0.1) is 16.6 Å². The van der Waals surface area contributed by atoms with Crippen molar-refractivity contribution in [2.24, 2.45) is 0 Å². The van der Waals surface area contributed by atoms with E-state index in [4.69, 9.17) is 0 Å². The van der Waals surface area contributed by atoms with Crippen LogP contribution in [0.4, 0.5) is 0 Å². The van der Waals surface area contributed by atoms with Crippen molar-refractivity contribution >= 4 is 38.8 Å². The van der Waals surface area contributed by atoms with Gasteiger partial charge in [0.2, 0.25) is 0 Å². The molecule has 2 heterocycles. The van der Waals surface area contributed by atoms with Crippen molar-refractivity contribution in [3.05, 3.63) is 127 Å². The number of hydrogen-bond donors (Lipinski definition) is 0. The molecule has 0 atom stereocenters. The van der Waals surface area contributed by atoms with Crippen molar-refractivity contribution < 1.29 is 0 Å². The van der Waals surface area contributed by atoms with Crippen molar-refractivity contribution in [1.82, 2.24) is 9.13 Å². The van der Waals surface area contributed by atoms with Crippen LogP contribution in [-0.2, 0) is 0 Å². The molecular formula is C31H24N2. The number of rotatable bonds is 4. The molecule has 6 rings (SSSR count). The van der Waals surface area contributed by atoms with Gasteiger partial charge in [-0.05, 0) is 61.0 Å². The van der Waals surface area contributed by atoms with Gasteiger partial charge >= 0.3 is 0 Å². The van der Waals surface area contributed by atoms with Gasteiger partial charge in [0, 0.05) is 33.2 Å². The maximum absolute atomic E-state index is 3.88. The molecule has 0 radical (unpaired) electrons. The molecule has 0 saturated carbocycles. The second-order valence-corrected chi connectivity index (χ2v) is 8.35. The van der Waals surface area contributed by atoms with Crippen molar-refractivity contribution in [3.8, 4) is 11.4 Å². The molecule has 0 saturated heterocycles. The van der Waals surface area contributed by atoms with Crippen LogP contribution in [0, 0.1) is 6.92 Å². The summed E-state index contributed by atoms with van der Waals surface area (Å²) in [7, 11) is 0. The Morgan fingerprint density at radius 1 is 0.606 bits per heavy atom. The average Bonchev–Trinajstić information content (AvgIpc) is 3.34. The molecule has 0 aliphatic carbocycles. The Kier molecular flexibility index (Phi) is 4.51. The minimum absolute atomic E-state index is 1.16. The summed E-state index contributed by atoms with van der Waals surface area (Å²) in [5, 5.41) is 3.78. The Balaban J connectivity index is 1.79. The van der Waals surface area contributed by atoms with Crippen molar-refractivity contribution in [2.75, 3.05) is 0 Å². The summed E-state index contributed by atoms with van der Waals surface area (Å²) in [6.07, 6.45) is 6.00. The average molecular weight is 425 g/mol. The van der Waals surface area contributed by atoms with E-state index in [0.29, 0.717) is 0 Å². The van der Waals surface area contributed by atoms with E-state index < -0.39 is 0 Å². The van der Waals surface area contributed by atoms with Gasteiger partial charge in [-0.3, -0.25) is 0 Å². The first-order valence-corrected chi connectivity index (χ1v) is 11.3. The Bertz CT molecular complexity index is 1660. The Hall–Kier alpha value is -4.30. The highest BCUT2D eigenvalue weighted by Crippen LogP contribution is 2.38. The van der Waals surface area contributed by atoms with Gasteiger partial charge in [-0.15, -0.1) is 0 Å². The van der Waals surface area contributed by atoms with Crippen LogP contribution in [0.25, 0.3) is 50.2 Å². The van der Waals surface area contributed by atoms with E-state index in [1.807, 2.05) is 12.2 Å². The maximum Gasteiger partial charge on any atom is 0.0548 e. The standard InChI is InChI=1S/C31H24N2/c1-3-4-18-28-22(2)26-20-31-27(21-30(26)32(28)23-13-7-5-8-14-23)25-17-11-12-19-29(25)33(31)24-15-9-6-10-16-24/h3-21H,1H2,2H3/b18-4-. The molecule has 0 aliphatic heterocycles. The molecule has 6 aromatic rings. The number of benzene rings is 4. The van der Waals surface area contributed by atoms with Gasteiger partial charge in [-0.2, -0.15) is 0 Å². The van der Waals surface area contributed by atoms with Crippen LogP contribution >= 0.6 is 0 Å². The predicted octanol–water partition coefficient (Wildman–Crippen LogP) is 8.24. The maximum atomic E-state index is 3.88. The lowest BCUT2D eigenvalue weighted by Crippen LogP contribution is -1.96. The van der Waals surface area contributed by atoms with E-state index >= 15 is 0 Å². The van der Waals surface area contributed by atoms with Gasteiger partial charge < -0.3 is 9.13 Å². The molecule has 33 heavy (non-hydrogen) atoms. The van der Waals surface area contributed by atoms with E-state index in [1.54, 1.807) is 0 Å². The number of para-hydroxylation sites is 3. The molecule has 0 N–H and O–H groups in total. The quantitative estimate of drug-likeness (QED) is 0.252. The molecular weight excluding hydrogens is 400 g/mol. The fourth-order valence-corrected chi connectivity index (χ4v) is 4.99.